The van der Waals surface area contributed by atoms with E-state index in [0.29, 0.717) is 17.8 Å². The van der Waals surface area contributed by atoms with Gasteiger partial charge in [-0.3, -0.25) is 14.6 Å². The SMILES string of the molecule is CC(=O)CCC(=O)Nc1cccc(CNC(=O)c2cccnc2)c1. The quantitative estimate of drug-likeness (QED) is 0.818. The number of anilines is 1. The molecule has 0 fully saturated rings. The fourth-order valence-electron chi connectivity index (χ4n) is 2.05. The molecule has 0 aliphatic heterocycles. The Bertz CT molecular complexity index is 729. The van der Waals surface area contributed by atoms with Gasteiger partial charge in [0, 0.05) is 37.5 Å². The first kappa shape index (κ1) is 17.3. The summed E-state index contributed by atoms with van der Waals surface area (Å²) in [5.41, 5.74) is 1.99. The number of hydrogen-bond acceptors (Lipinski definition) is 4. The molecule has 1 aromatic carbocycles. The van der Waals surface area contributed by atoms with Gasteiger partial charge in [0.05, 0.1) is 5.56 Å². The van der Waals surface area contributed by atoms with Crippen LogP contribution >= 0.6 is 0 Å². The lowest BCUT2D eigenvalue weighted by Crippen LogP contribution is -2.23. The number of Topliss-reactive ketones (excluding diaryl/α,β-unsaturated/α-hetero) is 1. The van der Waals surface area contributed by atoms with Crippen LogP contribution in [-0.4, -0.2) is 22.6 Å². The average molecular weight is 325 g/mol. The standard InChI is InChI=1S/C18H19N3O3/c1-13(22)7-8-17(23)21-16-6-2-4-14(10-16)11-20-18(24)15-5-3-9-19-12-15/h2-6,9-10,12H,7-8,11H2,1H3,(H,20,24)(H,21,23). The summed E-state index contributed by atoms with van der Waals surface area (Å²) in [7, 11) is 0. The maximum absolute atomic E-state index is 12.0. The van der Waals surface area contributed by atoms with Crippen molar-refractivity contribution < 1.29 is 14.4 Å². The second-order valence-electron chi connectivity index (χ2n) is 5.37. The average Bonchev–Trinajstić information content (AvgIpc) is 2.59. The van der Waals surface area contributed by atoms with E-state index in [1.807, 2.05) is 6.07 Å². The molecule has 1 aromatic heterocycles. The van der Waals surface area contributed by atoms with Crippen LogP contribution < -0.4 is 10.6 Å². The summed E-state index contributed by atoms with van der Waals surface area (Å²) in [6.07, 6.45) is 3.50. The maximum Gasteiger partial charge on any atom is 0.253 e. The molecule has 0 radical (unpaired) electrons. The predicted octanol–water partition coefficient (Wildman–Crippen LogP) is 2.32. The normalized spacial score (nSPS) is 10.0. The van der Waals surface area contributed by atoms with Gasteiger partial charge in [-0.2, -0.15) is 0 Å². The second kappa shape index (κ2) is 8.57. The Balaban J connectivity index is 1.89. The van der Waals surface area contributed by atoms with E-state index in [0.717, 1.165) is 5.56 Å². The summed E-state index contributed by atoms with van der Waals surface area (Å²) in [5.74, 6) is -0.433. The topological polar surface area (TPSA) is 88.2 Å². The minimum Gasteiger partial charge on any atom is -0.348 e. The van der Waals surface area contributed by atoms with Crippen molar-refractivity contribution in [3.8, 4) is 0 Å². The summed E-state index contributed by atoms with van der Waals surface area (Å²) >= 11 is 0. The highest BCUT2D eigenvalue weighted by Gasteiger charge is 2.07. The molecular weight excluding hydrogens is 306 g/mol. The fourth-order valence-corrected chi connectivity index (χ4v) is 2.05. The molecule has 0 aliphatic carbocycles. The Morgan fingerprint density at radius 3 is 2.62 bits per heavy atom. The van der Waals surface area contributed by atoms with Gasteiger partial charge in [-0.05, 0) is 36.8 Å². The number of pyridine rings is 1. The van der Waals surface area contributed by atoms with Gasteiger partial charge in [0.1, 0.15) is 5.78 Å². The van der Waals surface area contributed by atoms with Crippen LogP contribution in [0.15, 0.2) is 48.8 Å². The Kier molecular flexibility index (Phi) is 6.19. The van der Waals surface area contributed by atoms with E-state index in [1.165, 1.54) is 13.1 Å². The zero-order chi connectivity index (χ0) is 17.4. The van der Waals surface area contributed by atoms with Crippen molar-refractivity contribution in [3.63, 3.8) is 0 Å². The smallest absolute Gasteiger partial charge is 0.253 e. The number of ketones is 1. The van der Waals surface area contributed by atoms with E-state index >= 15 is 0 Å². The minimum absolute atomic E-state index is 0.0167. The molecule has 0 saturated carbocycles. The molecule has 24 heavy (non-hydrogen) atoms. The molecular formula is C18H19N3O3. The first-order chi connectivity index (χ1) is 11.5. The van der Waals surface area contributed by atoms with Gasteiger partial charge < -0.3 is 15.4 Å². The Morgan fingerprint density at radius 2 is 1.92 bits per heavy atom. The summed E-state index contributed by atoms with van der Waals surface area (Å²) in [5, 5.41) is 5.54. The van der Waals surface area contributed by atoms with E-state index in [9.17, 15) is 14.4 Å². The van der Waals surface area contributed by atoms with Gasteiger partial charge in [0.25, 0.3) is 5.91 Å². The van der Waals surface area contributed by atoms with Crippen molar-refractivity contribution in [3.05, 3.63) is 59.9 Å². The Labute approximate surface area is 140 Å². The van der Waals surface area contributed by atoms with Gasteiger partial charge in [-0.25, -0.2) is 0 Å². The summed E-state index contributed by atoms with van der Waals surface area (Å²) in [4.78, 5) is 38.5. The molecule has 0 aliphatic rings. The third-order valence-corrected chi connectivity index (χ3v) is 3.29. The van der Waals surface area contributed by atoms with Crippen LogP contribution in [0.2, 0.25) is 0 Å². The zero-order valence-electron chi connectivity index (χ0n) is 13.4. The summed E-state index contributed by atoms with van der Waals surface area (Å²) in [6, 6.07) is 10.6. The van der Waals surface area contributed by atoms with Crippen molar-refractivity contribution in [2.75, 3.05) is 5.32 Å². The summed E-state index contributed by atoms with van der Waals surface area (Å²) < 4.78 is 0. The molecule has 6 nitrogen and oxygen atoms in total. The third kappa shape index (κ3) is 5.64. The number of carbonyl (C=O) groups is 3. The maximum atomic E-state index is 12.0. The summed E-state index contributed by atoms with van der Waals surface area (Å²) in [6.45, 7) is 1.80. The van der Waals surface area contributed by atoms with Gasteiger partial charge in [-0.15, -0.1) is 0 Å². The number of hydrogen-bond donors (Lipinski definition) is 2. The first-order valence-corrected chi connectivity index (χ1v) is 7.61. The number of nitrogens with zero attached hydrogens (tertiary/aromatic N) is 1. The third-order valence-electron chi connectivity index (χ3n) is 3.29. The van der Waals surface area contributed by atoms with Gasteiger partial charge in [-0.1, -0.05) is 12.1 Å². The molecule has 124 valence electrons. The van der Waals surface area contributed by atoms with Crippen LogP contribution in [0.5, 0.6) is 0 Å². The highest BCUT2D eigenvalue weighted by atomic mass is 16.2. The fraction of sp³-hybridized carbons (Fsp3) is 0.222. The highest BCUT2D eigenvalue weighted by molar-refractivity contribution is 5.94. The molecule has 0 atom stereocenters. The van der Waals surface area contributed by atoms with Crippen LogP contribution in [-0.2, 0) is 16.1 Å². The molecule has 1 heterocycles. The largest absolute Gasteiger partial charge is 0.348 e. The number of nitrogens with one attached hydrogen (secondary N) is 2. The first-order valence-electron chi connectivity index (χ1n) is 7.61. The molecule has 0 bridgehead atoms. The molecule has 0 spiro atoms. The zero-order valence-corrected chi connectivity index (χ0v) is 13.4. The van der Waals surface area contributed by atoms with Crippen molar-refractivity contribution >= 4 is 23.3 Å². The number of rotatable bonds is 7. The van der Waals surface area contributed by atoms with Crippen LogP contribution in [0.3, 0.4) is 0 Å². The lowest BCUT2D eigenvalue weighted by atomic mass is 10.1. The van der Waals surface area contributed by atoms with Crippen LogP contribution in [0.4, 0.5) is 5.69 Å². The number of aromatic nitrogens is 1. The van der Waals surface area contributed by atoms with Crippen molar-refractivity contribution in [2.45, 2.75) is 26.3 Å². The molecule has 2 amide bonds. The van der Waals surface area contributed by atoms with E-state index < -0.39 is 0 Å². The monoisotopic (exact) mass is 325 g/mol. The van der Waals surface area contributed by atoms with Crippen LogP contribution in [0, 0.1) is 0 Å². The van der Waals surface area contributed by atoms with Gasteiger partial charge in [0.15, 0.2) is 0 Å². The van der Waals surface area contributed by atoms with E-state index in [1.54, 1.807) is 36.5 Å². The Morgan fingerprint density at radius 1 is 1.08 bits per heavy atom. The van der Waals surface area contributed by atoms with Gasteiger partial charge in [0.2, 0.25) is 5.91 Å². The number of benzene rings is 1. The number of carbonyl (C=O) groups excluding carboxylic acids is 3. The molecule has 2 aromatic rings. The van der Waals surface area contributed by atoms with E-state index in [-0.39, 0.29) is 30.4 Å². The molecule has 2 rings (SSSR count). The van der Waals surface area contributed by atoms with Crippen molar-refractivity contribution in [1.29, 1.82) is 0 Å². The number of amides is 2. The van der Waals surface area contributed by atoms with Crippen molar-refractivity contribution in [1.82, 2.24) is 10.3 Å². The lowest BCUT2D eigenvalue weighted by Gasteiger charge is -2.08. The van der Waals surface area contributed by atoms with Crippen LogP contribution in [0.1, 0.15) is 35.7 Å². The van der Waals surface area contributed by atoms with Gasteiger partial charge >= 0.3 is 0 Å². The van der Waals surface area contributed by atoms with E-state index in [4.69, 9.17) is 0 Å². The minimum atomic E-state index is -0.209. The molecule has 0 saturated heterocycles. The lowest BCUT2D eigenvalue weighted by molar-refractivity contribution is -0.121. The van der Waals surface area contributed by atoms with E-state index in [2.05, 4.69) is 15.6 Å². The second-order valence-corrected chi connectivity index (χ2v) is 5.37. The van der Waals surface area contributed by atoms with Crippen LogP contribution in [0.25, 0.3) is 0 Å². The molecule has 6 heteroatoms. The molecule has 2 N–H and O–H groups in total. The predicted molar refractivity (Wildman–Crippen MR) is 90.4 cm³/mol. The molecule has 0 unspecified atom stereocenters. The Hall–Kier alpha value is -3.02. The highest BCUT2D eigenvalue weighted by Crippen LogP contribution is 2.11. The van der Waals surface area contributed by atoms with Crippen molar-refractivity contribution in [2.24, 2.45) is 0 Å².